The zero-order valence-corrected chi connectivity index (χ0v) is 26.0. The third kappa shape index (κ3) is 6.11. The Balaban J connectivity index is 0.949. The fraction of sp³-hybridized carbons (Fsp3) is 0.543. The summed E-state index contributed by atoms with van der Waals surface area (Å²) >= 11 is 0. The first-order valence-electron chi connectivity index (χ1n) is 16.3. The highest BCUT2D eigenvalue weighted by atomic mass is 16.5. The van der Waals surface area contributed by atoms with E-state index in [1.807, 2.05) is 37.1 Å². The molecule has 0 atom stereocenters. The van der Waals surface area contributed by atoms with Crippen LogP contribution in [-0.2, 0) is 6.54 Å². The second-order valence-corrected chi connectivity index (χ2v) is 13.8. The van der Waals surface area contributed by atoms with Gasteiger partial charge in [-0.1, -0.05) is 0 Å². The van der Waals surface area contributed by atoms with E-state index in [9.17, 15) is 9.90 Å². The van der Waals surface area contributed by atoms with Gasteiger partial charge < -0.3 is 19.6 Å². The predicted molar refractivity (Wildman–Crippen MR) is 170 cm³/mol. The molecule has 9 nitrogen and oxygen atoms in total. The molecule has 1 aromatic carbocycles. The molecule has 8 rings (SSSR count). The number of aromatic nitrogens is 3. The fourth-order valence-electron chi connectivity index (χ4n) is 9.01. The van der Waals surface area contributed by atoms with E-state index < -0.39 is 0 Å². The van der Waals surface area contributed by atoms with E-state index in [0.717, 1.165) is 85.3 Å². The van der Waals surface area contributed by atoms with Crippen molar-refractivity contribution in [3.8, 4) is 22.6 Å². The van der Waals surface area contributed by atoms with Gasteiger partial charge in [0, 0.05) is 58.1 Å². The lowest BCUT2D eigenvalue weighted by molar-refractivity contribution is -0.0629. The molecule has 1 amide bonds. The number of piperazine rings is 1. The van der Waals surface area contributed by atoms with Crippen LogP contribution in [0.4, 0.5) is 5.82 Å². The lowest BCUT2D eigenvalue weighted by atomic mass is 9.49. The Morgan fingerprint density at radius 2 is 1.68 bits per heavy atom. The second-order valence-electron chi connectivity index (χ2n) is 13.8. The van der Waals surface area contributed by atoms with E-state index >= 15 is 0 Å². The van der Waals surface area contributed by atoms with Gasteiger partial charge in [-0.25, -0.2) is 0 Å². The summed E-state index contributed by atoms with van der Waals surface area (Å²) in [6.45, 7) is 7.66. The summed E-state index contributed by atoms with van der Waals surface area (Å²) in [5.74, 6) is 4.40. The van der Waals surface area contributed by atoms with E-state index in [1.165, 1.54) is 44.7 Å². The topological polar surface area (TPSA) is 94.9 Å². The Morgan fingerprint density at radius 3 is 2.32 bits per heavy atom. The Kier molecular flexibility index (Phi) is 7.91. The number of anilines is 1. The number of hydrogen-bond donors (Lipinski definition) is 1. The average molecular weight is 597 g/mol. The minimum Gasteiger partial charge on any atom is -0.506 e. The minimum atomic E-state index is -0.0141. The summed E-state index contributed by atoms with van der Waals surface area (Å²) in [6.07, 6.45) is 11.3. The monoisotopic (exact) mass is 596 g/mol. The van der Waals surface area contributed by atoms with Crippen molar-refractivity contribution in [2.75, 3.05) is 51.3 Å². The Bertz CT molecular complexity index is 1450. The van der Waals surface area contributed by atoms with Gasteiger partial charge >= 0.3 is 0 Å². The van der Waals surface area contributed by atoms with Gasteiger partial charge in [0.05, 0.1) is 12.8 Å². The molecular weight excluding hydrogens is 552 g/mol. The van der Waals surface area contributed by atoms with Crippen molar-refractivity contribution < 1.29 is 14.6 Å². The van der Waals surface area contributed by atoms with Gasteiger partial charge in [0.25, 0.3) is 5.91 Å². The summed E-state index contributed by atoms with van der Waals surface area (Å²) in [5, 5.41) is 18.8. The van der Waals surface area contributed by atoms with E-state index in [0.29, 0.717) is 17.7 Å². The number of carbonyl (C=O) groups excluding carboxylic acids is 1. The van der Waals surface area contributed by atoms with Crippen LogP contribution in [-0.4, -0.2) is 82.4 Å². The standard InChI is InChI=1S/C35H44N6O3/c1-3-44-31-14-27(13-28(16-31)29-15-30(42)21-36-20-29)22-40-6-8-41(9-7-40)33-5-4-32(37-38-33)34(43)39(2)23-35-17-24-10-25(18-35)12-26(11-24)19-35/h4-5,13-16,20-21,24-26,42H,3,6-12,17-19,22-23H2,1-2H3. The van der Waals surface area contributed by atoms with Crippen molar-refractivity contribution in [2.24, 2.45) is 23.2 Å². The molecule has 4 bridgehead atoms. The summed E-state index contributed by atoms with van der Waals surface area (Å²) < 4.78 is 5.85. The van der Waals surface area contributed by atoms with Crippen molar-refractivity contribution in [2.45, 2.75) is 52.0 Å². The molecule has 1 N–H and O–H groups in total. The van der Waals surface area contributed by atoms with Crippen LogP contribution in [0, 0.1) is 23.2 Å². The van der Waals surface area contributed by atoms with Crippen LogP contribution in [0.5, 0.6) is 11.5 Å². The number of pyridine rings is 1. The zero-order valence-electron chi connectivity index (χ0n) is 26.0. The van der Waals surface area contributed by atoms with E-state index in [1.54, 1.807) is 12.3 Å². The molecule has 0 spiro atoms. The number of ether oxygens (including phenoxy) is 1. The summed E-state index contributed by atoms with van der Waals surface area (Å²) in [6, 6.07) is 11.8. The molecule has 3 aromatic rings. The lowest BCUT2D eigenvalue weighted by Crippen LogP contribution is -2.51. The van der Waals surface area contributed by atoms with Crippen molar-refractivity contribution in [1.82, 2.24) is 25.0 Å². The van der Waals surface area contributed by atoms with Gasteiger partial charge in [-0.15, -0.1) is 10.2 Å². The van der Waals surface area contributed by atoms with Gasteiger partial charge in [-0.2, -0.15) is 0 Å². The van der Waals surface area contributed by atoms with Crippen LogP contribution in [0.2, 0.25) is 0 Å². The highest BCUT2D eigenvalue weighted by Crippen LogP contribution is 2.60. The van der Waals surface area contributed by atoms with Crippen molar-refractivity contribution in [1.29, 1.82) is 0 Å². The molecule has 1 saturated heterocycles. The van der Waals surface area contributed by atoms with Crippen molar-refractivity contribution >= 4 is 11.7 Å². The maximum absolute atomic E-state index is 13.3. The van der Waals surface area contributed by atoms with Crippen LogP contribution >= 0.6 is 0 Å². The van der Waals surface area contributed by atoms with Crippen molar-refractivity contribution in [3.63, 3.8) is 0 Å². The largest absolute Gasteiger partial charge is 0.506 e. The zero-order chi connectivity index (χ0) is 30.3. The van der Waals surface area contributed by atoms with Crippen LogP contribution in [0.15, 0.2) is 48.8 Å². The molecule has 232 valence electrons. The first-order chi connectivity index (χ1) is 21.3. The smallest absolute Gasteiger partial charge is 0.274 e. The van der Waals surface area contributed by atoms with Gasteiger partial charge in [-0.3, -0.25) is 14.7 Å². The number of nitrogens with zero attached hydrogens (tertiary/aromatic N) is 6. The minimum absolute atomic E-state index is 0.0141. The SMILES string of the molecule is CCOc1cc(CN2CCN(c3ccc(C(=O)N(C)CC45CC6CC(CC(C6)C4)C5)nn3)CC2)cc(-c2cncc(O)c2)c1. The van der Waals surface area contributed by atoms with Gasteiger partial charge in [-0.05, 0) is 116 Å². The second kappa shape index (κ2) is 12.0. The molecule has 4 saturated carbocycles. The maximum Gasteiger partial charge on any atom is 0.274 e. The molecule has 3 heterocycles. The van der Waals surface area contributed by atoms with E-state index in [2.05, 4.69) is 37.1 Å². The number of rotatable bonds is 9. The van der Waals surface area contributed by atoms with Crippen LogP contribution in [0.1, 0.15) is 61.5 Å². The fourth-order valence-corrected chi connectivity index (χ4v) is 9.01. The molecule has 2 aromatic heterocycles. The first-order valence-corrected chi connectivity index (χ1v) is 16.3. The van der Waals surface area contributed by atoms with Crippen LogP contribution < -0.4 is 9.64 Å². The number of benzene rings is 1. The average Bonchev–Trinajstić information content (AvgIpc) is 3.00. The van der Waals surface area contributed by atoms with Crippen LogP contribution in [0.25, 0.3) is 11.1 Å². The number of carbonyl (C=O) groups is 1. The number of aromatic hydroxyl groups is 1. The van der Waals surface area contributed by atoms with Gasteiger partial charge in [0.1, 0.15) is 11.5 Å². The van der Waals surface area contributed by atoms with Gasteiger partial charge in [0.15, 0.2) is 11.5 Å². The Labute approximate surface area is 260 Å². The third-order valence-corrected chi connectivity index (χ3v) is 10.4. The predicted octanol–water partition coefficient (Wildman–Crippen LogP) is 5.25. The maximum atomic E-state index is 13.3. The molecule has 1 aliphatic heterocycles. The molecule has 0 unspecified atom stereocenters. The van der Waals surface area contributed by atoms with Crippen molar-refractivity contribution in [3.05, 3.63) is 60.0 Å². The number of amides is 1. The summed E-state index contributed by atoms with van der Waals surface area (Å²) in [5.41, 5.74) is 3.74. The normalized spacial score (nSPS) is 26.1. The third-order valence-electron chi connectivity index (χ3n) is 10.4. The van der Waals surface area contributed by atoms with Crippen LogP contribution in [0.3, 0.4) is 0 Å². The molecule has 44 heavy (non-hydrogen) atoms. The quantitative estimate of drug-likeness (QED) is 0.358. The summed E-state index contributed by atoms with van der Waals surface area (Å²) in [7, 11) is 1.95. The Hall–Kier alpha value is -3.72. The highest BCUT2D eigenvalue weighted by molar-refractivity contribution is 5.92. The molecule has 5 fully saturated rings. The molecule has 9 heteroatoms. The molecular formula is C35H44N6O3. The van der Waals surface area contributed by atoms with E-state index in [-0.39, 0.29) is 11.7 Å². The van der Waals surface area contributed by atoms with E-state index in [4.69, 9.17) is 4.74 Å². The Morgan fingerprint density at radius 1 is 0.955 bits per heavy atom. The lowest BCUT2D eigenvalue weighted by Gasteiger charge is -2.57. The summed E-state index contributed by atoms with van der Waals surface area (Å²) in [4.78, 5) is 24.1. The highest BCUT2D eigenvalue weighted by Gasteiger charge is 2.51. The number of hydrogen-bond acceptors (Lipinski definition) is 8. The molecule has 0 radical (unpaired) electrons. The molecule has 4 aliphatic carbocycles. The van der Waals surface area contributed by atoms with Gasteiger partial charge in [0.2, 0.25) is 0 Å². The first kappa shape index (κ1) is 29.0. The molecule has 5 aliphatic rings.